The number of hydrogen-bond acceptors (Lipinski definition) is 6. The number of nitrogens with zero attached hydrogens (tertiary/aromatic N) is 1. The van der Waals surface area contributed by atoms with E-state index in [1.54, 1.807) is 13.8 Å². The van der Waals surface area contributed by atoms with E-state index in [0.29, 0.717) is 16.9 Å². The normalized spacial score (nSPS) is 12.2. The van der Waals surface area contributed by atoms with E-state index in [1.165, 1.54) is 25.1 Å². The van der Waals surface area contributed by atoms with Gasteiger partial charge in [0.05, 0.1) is 16.8 Å². The van der Waals surface area contributed by atoms with Crippen LogP contribution < -0.4 is 9.44 Å². The second-order valence-electron chi connectivity index (χ2n) is 5.18. The van der Waals surface area contributed by atoms with Gasteiger partial charge in [0.1, 0.15) is 5.76 Å². The maximum Gasteiger partial charge on any atom is 0.263 e. The quantitative estimate of drug-likeness (QED) is 0.840. The molecule has 1 aromatic heterocycles. The molecular weight excluding hydrogens is 342 g/mol. The first-order valence-corrected chi connectivity index (χ1v) is 9.91. The van der Waals surface area contributed by atoms with Gasteiger partial charge < -0.3 is 4.52 Å². The monoisotopic (exact) mass is 359 g/mol. The molecule has 2 aromatic rings. The standard InChI is InChI=1S/C13H17N3O5S2/c1-8-5-6-11(10(3)13(8)16-22(4,17)18)23(19,20)15-12-7-9(2)21-14-12/h5-7,16H,1-4H3,(H,14,15). The highest BCUT2D eigenvalue weighted by atomic mass is 32.2. The fourth-order valence-corrected chi connectivity index (χ4v) is 3.99. The lowest BCUT2D eigenvalue weighted by Gasteiger charge is -2.15. The molecule has 0 aliphatic heterocycles. The van der Waals surface area contributed by atoms with Crippen LogP contribution in [0, 0.1) is 20.8 Å². The smallest absolute Gasteiger partial charge is 0.263 e. The molecule has 126 valence electrons. The Balaban J connectivity index is 2.48. The summed E-state index contributed by atoms with van der Waals surface area (Å²) in [7, 11) is -7.47. The Morgan fingerprint density at radius 2 is 1.70 bits per heavy atom. The Hall–Kier alpha value is -2.07. The third-order valence-corrected chi connectivity index (χ3v) is 5.14. The van der Waals surface area contributed by atoms with Gasteiger partial charge in [-0.1, -0.05) is 11.2 Å². The summed E-state index contributed by atoms with van der Waals surface area (Å²) >= 11 is 0. The van der Waals surface area contributed by atoms with Gasteiger partial charge in [0.15, 0.2) is 5.82 Å². The molecule has 0 spiro atoms. The van der Waals surface area contributed by atoms with Crippen LogP contribution in [0.1, 0.15) is 16.9 Å². The van der Waals surface area contributed by atoms with Crippen molar-refractivity contribution in [2.24, 2.45) is 0 Å². The summed E-state index contributed by atoms with van der Waals surface area (Å²) in [4.78, 5) is -0.0464. The molecule has 0 aliphatic rings. The van der Waals surface area contributed by atoms with Gasteiger partial charge in [-0.15, -0.1) is 0 Å². The van der Waals surface area contributed by atoms with E-state index in [0.717, 1.165) is 6.26 Å². The minimum absolute atomic E-state index is 0.0464. The topological polar surface area (TPSA) is 118 Å². The van der Waals surface area contributed by atoms with Crippen LogP contribution in [-0.4, -0.2) is 28.2 Å². The lowest BCUT2D eigenvalue weighted by atomic mass is 10.1. The second kappa shape index (κ2) is 5.85. The maximum absolute atomic E-state index is 12.5. The van der Waals surface area contributed by atoms with Gasteiger partial charge >= 0.3 is 0 Å². The minimum atomic E-state index is -3.93. The number of sulfonamides is 2. The van der Waals surface area contributed by atoms with E-state index in [9.17, 15) is 16.8 Å². The fraction of sp³-hybridized carbons (Fsp3) is 0.308. The summed E-state index contributed by atoms with van der Waals surface area (Å²) in [5.41, 5.74) is 1.15. The number of benzene rings is 1. The van der Waals surface area contributed by atoms with Crippen LogP contribution in [0.15, 0.2) is 27.6 Å². The Bertz CT molecular complexity index is 946. The lowest BCUT2D eigenvalue weighted by molar-refractivity contribution is 0.400. The van der Waals surface area contributed by atoms with Crippen LogP contribution in [0.2, 0.25) is 0 Å². The number of hydrogen-bond donors (Lipinski definition) is 2. The number of rotatable bonds is 5. The zero-order chi connectivity index (χ0) is 17.4. The Kier molecular flexibility index (Phi) is 4.40. The second-order valence-corrected chi connectivity index (χ2v) is 8.58. The summed E-state index contributed by atoms with van der Waals surface area (Å²) in [6.07, 6.45) is 1.00. The largest absolute Gasteiger partial charge is 0.360 e. The van der Waals surface area contributed by atoms with Crippen LogP contribution in [0.3, 0.4) is 0 Å². The van der Waals surface area contributed by atoms with Gasteiger partial charge in [-0.25, -0.2) is 16.8 Å². The predicted molar refractivity (Wildman–Crippen MR) is 86.4 cm³/mol. The summed E-state index contributed by atoms with van der Waals surface area (Å²) in [6, 6.07) is 4.38. The lowest BCUT2D eigenvalue weighted by Crippen LogP contribution is -2.17. The summed E-state index contributed by atoms with van der Waals surface area (Å²) in [5, 5.41) is 3.58. The average molecular weight is 359 g/mol. The highest BCUT2D eigenvalue weighted by Gasteiger charge is 2.22. The Morgan fingerprint density at radius 3 is 2.22 bits per heavy atom. The first-order valence-electron chi connectivity index (χ1n) is 6.54. The highest BCUT2D eigenvalue weighted by Crippen LogP contribution is 2.28. The van der Waals surface area contributed by atoms with Crippen molar-refractivity contribution in [3.63, 3.8) is 0 Å². The molecule has 0 fully saturated rings. The van der Waals surface area contributed by atoms with Crippen molar-refractivity contribution in [2.45, 2.75) is 25.7 Å². The van der Waals surface area contributed by atoms with Crippen LogP contribution in [0.25, 0.3) is 0 Å². The molecule has 23 heavy (non-hydrogen) atoms. The molecule has 10 heteroatoms. The number of aryl methyl sites for hydroxylation is 2. The molecule has 0 saturated carbocycles. The van der Waals surface area contributed by atoms with Gasteiger partial charge in [0.2, 0.25) is 10.0 Å². The zero-order valence-electron chi connectivity index (χ0n) is 13.0. The van der Waals surface area contributed by atoms with E-state index >= 15 is 0 Å². The first-order chi connectivity index (χ1) is 10.5. The molecular formula is C13H17N3O5S2. The van der Waals surface area contributed by atoms with E-state index < -0.39 is 20.0 Å². The van der Waals surface area contributed by atoms with E-state index in [2.05, 4.69) is 14.6 Å². The van der Waals surface area contributed by atoms with Gasteiger partial charge in [-0.3, -0.25) is 9.44 Å². The summed E-state index contributed by atoms with van der Waals surface area (Å²) < 4.78 is 57.4. The van der Waals surface area contributed by atoms with Gasteiger partial charge in [0.25, 0.3) is 10.0 Å². The van der Waals surface area contributed by atoms with Crippen molar-refractivity contribution in [1.82, 2.24) is 5.16 Å². The molecule has 0 amide bonds. The van der Waals surface area contributed by atoms with Gasteiger partial charge in [-0.2, -0.15) is 0 Å². The molecule has 2 N–H and O–H groups in total. The Morgan fingerprint density at radius 1 is 1.04 bits per heavy atom. The third-order valence-electron chi connectivity index (χ3n) is 3.07. The van der Waals surface area contributed by atoms with E-state index in [-0.39, 0.29) is 16.4 Å². The van der Waals surface area contributed by atoms with Crippen molar-refractivity contribution in [2.75, 3.05) is 15.7 Å². The van der Waals surface area contributed by atoms with Crippen molar-refractivity contribution in [3.05, 3.63) is 35.1 Å². The molecule has 8 nitrogen and oxygen atoms in total. The average Bonchev–Trinajstić information content (AvgIpc) is 2.77. The molecule has 0 aliphatic carbocycles. The molecule has 1 heterocycles. The molecule has 0 saturated heterocycles. The van der Waals surface area contributed by atoms with E-state index in [1.807, 2.05) is 0 Å². The number of aromatic nitrogens is 1. The van der Waals surface area contributed by atoms with Crippen molar-refractivity contribution >= 4 is 31.6 Å². The maximum atomic E-state index is 12.5. The molecule has 0 atom stereocenters. The molecule has 0 radical (unpaired) electrons. The van der Waals surface area contributed by atoms with Gasteiger partial charge in [-0.05, 0) is 38.0 Å². The highest BCUT2D eigenvalue weighted by molar-refractivity contribution is 7.93. The van der Waals surface area contributed by atoms with Crippen molar-refractivity contribution in [3.8, 4) is 0 Å². The predicted octanol–water partition coefficient (Wildman–Crippen LogP) is 1.77. The Labute approximate surface area is 135 Å². The SMILES string of the molecule is Cc1cc(NS(=O)(=O)c2ccc(C)c(NS(C)(=O)=O)c2C)no1. The van der Waals surface area contributed by atoms with Crippen molar-refractivity contribution < 1.29 is 21.4 Å². The first kappa shape index (κ1) is 17.3. The molecule has 0 unspecified atom stereocenters. The van der Waals surface area contributed by atoms with Crippen LogP contribution in [-0.2, 0) is 20.0 Å². The number of anilines is 2. The molecule has 0 bridgehead atoms. The van der Waals surface area contributed by atoms with Crippen LogP contribution in [0.5, 0.6) is 0 Å². The van der Waals surface area contributed by atoms with E-state index in [4.69, 9.17) is 4.52 Å². The fourth-order valence-electron chi connectivity index (χ4n) is 2.07. The third kappa shape index (κ3) is 4.02. The van der Waals surface area contributed by atoms with Crippen LogP contribution >= 0.6 is 0 Å². The molecule has 1 aromatic carbocycles. The molecule has 2 rings (SSSR count). The summed E-state index contributed by atoms with van der Waals surface area (Å²) in [6.45, 7) is 4.85. The van der Waals surface area contributed by atoms with Gasteiger partial charge in [0, 0.05) is 6.07 Å². The minimum Gasteiger partial charge on any atom is -0.360 e. The van der Waals surface area contributed by atoms with Crippen molar-refractivity contribution in [1.29, 1.82) is 0 Å². The number of nitrogens with one attached hydrogen (secondary N) is 2. The zero-order valence-corrected chi connectivity index (χ0v) is 14.7. The van der Waals surface area contributed by atoms with Crippen LogP contribution in [0.4, 0.5) is 11.5 Å². The summed E-state index contributed by atoms with van der Waals surface area (Å²) in [5.74, 6) is 0.517.